The van der Waals surface area contributed by atoms with Gasteiger partial charge in [-0.2, -0.15) is 9.59 Å². The van der Waals surface area contributed by atoms with Crippen molar-refractivity contribution in [2.75, 3.05) is 268 Å². The molecule has 0 spiro atoms. The fourth-order valence-corrected chi connectivity index (χ4v) is 14.1. The van der Waals surface area contributed by atoms with E-state index < -0.39 is 77.8 Å². The number of carboxylic acid groups (broad SMARTS) is 5. The first-order chi connectivity index (χ1) is 71.9. The zero-order valence-electron chi connectivity index (χ0n) is 83.5. The molecule has 52 heteroatoms. The van der Waals surface area contributed by atoms with Crippen molar-refractivity contribution in [3.8, 4) is 11.3 Å². The highest BCUT2D eigenvalue weighted by molar-refractivity contribution is 14.1. The Morgan fingerprint density at radius 2 is 0.851 bits per heavy atom. The average Bonchev–Trinajstić information content (AvgIpc) is 1.30. The third-order valence-electron chi connectivity index (χ3n) is 21.0. The molecule has 0 bridgehead atoms. The number of carbonyl (C=O) groups excluding carboxylic acids is 8. The Morgan fingerprint density at radius 3 is 1.36 bits per heavy atom. The molecule has 1 aliphatic heterocycles. The molecule has 3 aromatic heterocycles. The van der Waals surface area contributed by atoms with Crippen molar-refractivity contribution in [2.24, 2.45) is 0 Å². The van der Waals surface area contributed by atoms with E-state index in [0.717, 1.165) is 9.13 Å². The minimum atomic E-state index is -1.24. The number of halogens is 1. The molecule has 1 aliphatic rings. The number of rotatable bonds is 75. The number of nitrogens with zero attached hydrogens (tertiary/aromatic N) is 7. The lowest BCUT2D eigenvalue weighted by molar-refractivity contribution is -0.192. The molecule has 50 nitrogen and oxygen atoms in total. The number of aromatic carboxylic acids is 2. The van der Waals surface area contributed by atoms with E-state index in [-0.39, 0.29) is 179 Å². The molecule has 1 fully saturated rings. The van der Waals surface area contributed by atoms with Crippen LogP contribution in [0.3, 0.4) is 0 Å². The number of benzene rings is 2. The quantitative estimate of drug-likeness (QED) is 0.0151. The zero-order valence-corrected chi connectivity index (χ0v) is 86.5. The van der Waals surface area contributed by atoms with Gasteiger partial charge in [-0.05, 0) is 153 Å². The van der Waals surface area contributed by atoms with Crippen LogP contribution in [0.4, 0.5) is 21.0 Å². The summed E-state index contributed by atoms with van der Waals surface area (Å²) in [5.41, 5.74) is 3.88. The van der Waals surface area contributed by atoms with Crippen molar-refractivity contribution < 1.29 is 159 Å². The fourth-order valence-electron chi connectivity index (χ4n) is 13.5. The number of aromatic nitrogens is 5. The number of carboxylic acids is 5. The predicted octanol–water partition coefficient (Wildman–Crippen LogP) is 3.27. The maximum absolute atomic E-state index is 13.7. The van der Waals surface area contributed by atoms with Gasteiger partial charge in [-0.3, -0.25) is 33.8 Å². The number of carbonyl (C=O) groups is 11. The Bertz CT molecular complexity index is 4640. The van der Waals surface area contributed by atoms with E-state index in [4.69, 9.17) is 98.0 Å². The fraction of sp³-hybridized carbons (Fsp3) is 0.615. The van der Waals surface area contributed by atoms with Gasteiger partial charge >= 0.3 is 48.1 Å². The van der Waals surface area contributed by atoms with Crippen LogP contribution in [-0.4, -0.2) is 412 Å². The average molecular weight is 2220 g/mol. The molecule has 6 rings (SSSR count). The first-order valence-corrected chi connectivity index (χ1v) is 50.6. The van der Waals surface area contributed by atoms with Gasteiger partial charge in [0.2, 0.25) is 23.6 Å². The van der Waals surface area contributed by atoms with Gasteiger partial charge in [0.25, 0.3) is 0 Å². The number of anilines is 2. The summed E-state index contributed by atoms with van der Waals surface area (Å²) in [6.07, 6.45) is 5.75. The maximum Gasteiger partial charge on any atom is 0.373 e. The number of amides is 8. The molecule has 0 unspecified atom stereocenters. The monoisotopic (exact) mass is 2220 g/mol. The molecule has 5 aromatic rings. The molecule has 4 heterocycles. The summed E-state index contributed by atoms with van der Waals surface area (Å²) < 4.78 is 88.1. The number of nitrogens with one attached hydrogen (secondary N) is 10. The van der Waals surface area contributed by atoms with Gasteiger partial charge in [0.15, 0.2) is 10.8 Å². The zero-order chi connectivity index (χ0) is 107. The molecule has 148 heavy (non-hydrogen) atoms. The van der Waals surface area contributed by atoms with Crippen LogP contribution in [0, 0.1) is 3.57 Å². The standard InChI is InChI=1S/C95H144IN17O31S.CO2/c96-73-20-18-71(19-21-73)64-86(116)97-24-4-2-14-80(90(122)123)107-85(115)23-35-131-43-51-139-54-56-141-58-60-143-62-63-144-61-59-142-57-55-140-52-44-132-36-28-98-88(119)78(13-1-6-26-101-95(145)105-76-66-77(103-82(67-76)92(126)127)69-112-31-39-135-47-45-133-37-29-111(30-38-134-46-48-136-40-32-112)68-75-12-8-16-79(102-75)89(120)121)106-84(114)22-34-130-42-50-138-53-49-137-41-33-113-70-83(109-110-113)72-10-7-11-74(65-72)104-93(128)99-25-5-3-15-81(91(124)125)108-94(129)100-27-9-17-87(117)118;2-1-3/h7-8,10-12,16,18-21,65-67,70,78,80-81H,1-6,9,13-15,17,22-64,68-69H2,(H,97,116)(H,98,119)(H,106,114)(H,107,115)(H,117,118)(H,120,121)(H,122,123)(H,124,125)(H,126,127)(H2,99,104,128)(H2,100,108,129)(H2,101,103,105,145);/t78-,80-,81-;/m0./s1. The summed E-state index contributed by atoms with van der Waals surface area (Å²) in [6, 6.07) is 18.4. The third-order valence-corrected chi connectivity index (χ3v) is 22.0. The van der Waals surface area contributed by atoms with Crippen LogP contribution in [0.5, 0.6) is 0 Å². The number of ether oxygens (including phenoxy) is 15. The topological polar surface area (TPSA) is 645 Å². The maximum atomic E-state index is 13.7. The Hall–Kier alpha value is -11.2. The smallest absolute Gasteiger partial charge is 0.373 e. The summed E-state index contributed by atoms with van der Waals surface area (Å²) in [6.45, 7) is 13.1. The van der Waals surface area contributed by atoms with E-state index in [1.165, 1.54) is 12.1 Å². The van der Waals surface area contributed by atoms with Crippen molar-refractivity contribution in [3.63, 3.8) is 0 Å². The van der Waals surface area contributed by atoms with Crippen LogP contribution < -0.4 is 53.2 Å². The molecule has 1 saturated heterocycles. The first-order valence-electron chi connectivity index (χ1n) is 49.1. The van der Waals surface area contributed by atoms with Crippen molar-refractivity contribution >= 4 is 123 Å². The largest absolute Gasteiger partial charge is 0.481 e. The highest BCUT2D eigenvalue weighted by atomic mass is 127. The van der Waals surface area contributed by atoms with Gasteiger partial charge in [-0.25, -0.2) is 43.4 Å². The second-order valence-electron chi connectivity index (χ2n) is 32.7. The molecule has 8 amide bonds. The molecule has 824 valence electrons. The molecule has 15 N–H and O–H groups in total. The van der Waals surface area contributed by atoms with Crippen LogP contribution in [-0.2, 0) is 140 Å². The van der Waals surface area contributed by atoms with Crippen molar-refractivity contribution in [1.29, 1.82) is 0 Å². The highest BCUT2D eigenvalue weighted by Gasteiger charge is 2.25. The van der Waals surface area contributed by atoms with Gasteiger partial charge < -0.3 is 150 Å². The van der Waals surface area contributed by atoms with Gasteiger partial charge in [-0.1, -0.05) is 35.5 Å². The summed E-state index contributed by atoms with van der Waals surface area (Å²) >= 11 is 7.87. The van der Waals surface area contributed by atoms with E-state index in [1.807, 2.05) is 35.2 Å². The lowest BCUT2D eigenvalue weighted by Gasteiger charge is -2.23. The summed E-state index contributed by atoms with van der Waals surface area (Å²) in [5.74, 6) is -7.06. The van der Waals surface area contributed by atoms with Crippen LogP contribution >= 0.6 is 34.8 Å². The second kappa shape index (κ2) is 82.6. The van der Waals surface area contributed by atoms with Gasteiger partial charge in [0.1, 0.15) is 29.5 Å². The summed E-state index contributed by atoms with van der Waals surface area (Å²) in [4.78, 5) is 164. The number of unbranched alkanes of at least 4 members (excludes halogenated alkanes) is 3. The van der Waals surface area contributed by atoms with Crippen LogP contribution in [0.15, 0.2) is 85.1 Å². The van der Waals surface area contributed by atoms with Crippen LogP contribution in [0.1, 0.15) is 121 Å². The normalized spacial score (nSPS) is 13.5. The molecule has 3 atom stereocenters. The molecule has 0 radical (unpaired) electrons. The van der Waals surface area contributed by atoms with Crippen molar-refractivity contribution in [3.05, 3.63) is 117 Å². The summed E-state index contributed by atoms with van der Waals surface area (Å²) in [5, 5.41) is 83.8. The molecule has 2 aromatic carbocycles. The van der Waals surface area contributed by atoms with E-state index >= 15 is 0 Å². The van der Waals surface area contributed by atoms with E-state index in [1.54, 1.807) is 47.3 Å². The van der Waals surface area contributed by atoms with Gasteiger partial charge in [-0.15, -0.1) is 5.10 Å². The number of thiocarbonyl (C=S) groups is 1. The molecule has 0 saturated carbocycles. The SMILES string of the molecule is O=C(O)CCCNC(=O)N[C@@H](CCCCNC(=O)Nc1cccc(-c2cn(CCOCCOCCOCCC(=O)N[C@@H](CCCCNC(=S)Nc3cc(CN4CCOCCOCCN(Cc5cccc(C(=O)O)n5)CCOCCOCC4)nc(C(=O)O)c3)C(=O)NCCOCCOCCOCCOCCOCCOCCOCCOCCC(=O)N[C@@H](CCCCNC(=O)Cc3ccc(I)cc3)C(=O)O)nn2)c1)C(=O)O.O=C=O. The number of hydrogen-bond donors (Lipinski definition) is 15. The van der Waals surface area contributed by atoms with Crippen LogP contribution in [0.25, 0.3) is 11.3 Å². The Labute approximate surface area is 878 Å². The Kier molecular flexibility index (Phi) is 71.0. The minimum absolute atomic E-state index is 0.00524. The number of aliphatic carboxylic acids is 3. The molecular weight excluding hydrogens is 2080 g/mol. The minimum Gasteiger partial charge on any atom is -0.481 e. The number of pyridine rings is 2. The van der Waals surface area contributed by atoms with Gasteiger partial charge in [0, 0.05) is 112 Å². The molecular formula is C96H144IN17O33S. The number of urea groups is 2. The van der Waals surface area contributed by atoms with E-state index in [2.05, 4.69) is 101 Å². The number of hydrogen-bond acceptors (Lipinski definition) is 35. The third kappa shape index (κ3) is 64.9. The predicted molar refractivity (Wildman–Crippen MR) is 543 cm³/mol. The Balaban J connectivity index is 0.0000127. The lowest BCUT2D eigenvalue weighted by Crippen LogP contribution is -2.47. The lowest BCUT2D eigenvalue weighted by atomic mass is 10.1. The van der Waals surface area contributed by atoms with Crippen molar-refractivity contribution in [1.82, 2.24) is 77.3 Å². The van der Waals surface area contributed by atoms with E-state index in [9.17, 15) is 73.2 Å². The molecule has 0 aliphatic carbocycles. The Morgan fingerprint density at radius 1 is 0.412 bits per heavy atom. The van der Waals surface area contributed by atoms with Gasteiger partial charge in [0.05, 0.1) is 229 Å². The summed E-state index contributed by atoms with van der Waals surface area (Å²) in [7, 11) is 0. The van der Waals surface area contributed by atoms with Crippen LogP contribution in [0.2, 0.25) is 0 Å². The first kappa shape index (κ1) is 127. The second-order valence-corrected chi connectivity index (χ2v) is 34.3. The highest BCUT2D eigenvalue weighted by Crippen LogP contribution is 2.22. The van der Waals surface area contributed by atoms with E-state index in [0.29, 0.717) is 250 Å². The van der Waals surface area contributed by atoms with Crippen molar-refractivity contribution in [2.45, 2.75) is 128 Å².